The fourth-order valence-electron chi connectivity index (χ4n) is 0.870. The van der Waals surface area contributed by atoms with Crippen LogP contribution in [0.1, 0.15) is 12.8 Å². The lowest BCUT2D eigenvalue weighted by atomic mass is 10.2. The van der Waals surface area contributed by atoms with Gasteiger partial charge >= 0.3 is 0 Å². The van der Waals surface area contributed by atoms with Crippen molar-refractivity contribution < 1.29 is 9.78 Å². The van der Waals surface area contributed by atoms with Crippen LogP contribution in [0.25, 0.3) is 0 Å². The van der Waals surface area contributed by atoms with E-state index in [0.29, 0.717) is 6.10 Å². The standard InChI is InChI=1S/C6H13NO2/c1-7-4-2-6-3-5-8-9-6/h6-7H,2-5H2,1H3. The third-order valence-electron chi connectivity index (χ3n) is 1.44. The number of nitrogens with one attached hydrogen (secondary N) is 1. The second kappa shape index (κ2) is 3.82. The Morgan fingerprint density at radius 2 is 2.56 bits per heavy atom. The van der Waals surface area contributed by atoms with Gasteiger partial charge in [-0.15, -0.1) is 0 Å². The summed E-state index contributed by atoms with van der Waals surface area (Å²) in [6.45, 7) is 1.77. The Kier molecular flexibility index (Phi) is 2.97. The van der Waals surface area contributed by atoms with Crippen LogP contribution in [0.5, 0.6) is 0 Å². The molecule has 0 aromatic rings. The second-order valence-electron chi connectivity index (χ2n) is 2.22. The highest BCUT2D eigenvalue weighted by atomic mass is 17.2. The molecule has 0 aromatic carbocycles. The normalized spacial score (nSPS) is 27.0. The van der Waals surface area contributed by atoms with Crippen LogP contribution in [0, 0.1) is 0 Å². The lowest BCUT2D eigenvalue weighted by molar-refractivity contribution is -0.274. The largest absolute Gasteiger partial charge is 0.320 e. The lowest BCUT2D eigenvalue weighted by Crippen LogP contribution is -2.15. The zero-order chi connectivity index (χ0) is 6.53. The molecule has 0 radical (unpaired) electrons. The maximum atomic E-state index is 4.92. The minimum Gasteiger partial charge on any atom is -0.320 e. The molecule has 0 bridgehead atoms. The topological polar surface area (TPSA) is 30.5 Å². The summed E-state index contributed by atoms with van der Waals surface area (Å²) < 4.78 is 0. The van der Waals surface area contributed by atoms with Crippen molar-refractivity contribution in [2.45, 2.75) is 18.9 Å². The number of rotatable bonds is 3. The van der Waals surface area contributed by atoms with E-state index in [9.17, 15) is 0 Å². The summed E-state index contributed by atoms with van der Waals surface area (Å²) in [7, 11) is 1.94. The van der Waals surface area contributed by atoms with Crippen molar-refractivity contribution in [2.24, 2.45) is 0 Å². The molecule has 0 amide bonds. The predicted octanol–water partition coefficient (Wildman–Crippen LogP) is 0.316. The molecule has 54 valence electrons. The Morgan fingerprint density at radius 3 is 3.11 bits per heavy atom. The molecule has 0 saturated carbocycles. The van der Waals surface area contributed by atoms with Crippen LogP contribution in [-0.2, 0) is 9.78 Å². The molecule has 0 aromatic heterocycles. The third-order valence-corrected chi connectivity index (χ3v) is 1.44. The highest BCUT2D eigenvalue weighted by Gasteiger charge is 2.15. The summed E-state index contributed by atoms with van der Waals surface area (Å²) in [4.78, 5) is 9.64. The summed E-state index contributed by atoms with van der Waals surface area (Å²) in [5.74, 6) is 0. The molecule has 3 nitrogen and oxygen atoms in total. The summed E-state index contributed by atoms with van der Waals surface area (Å²) in [6.07, 6.45) is 2.43. The first-order valence-electron chi connectivity index (χ1n) is 3.36. The Morgan fingerprint density at radius 1 is 1.67 bits per heavy atom. The molecule has 1 atom stereocenters. The van der Waals surface area contributed by atoms with Crippen LogP contribution < -0.4 is 5.32 Å². The Bertz CT molecular complexity index is 71.5. The molecule has 1 aliphatic rings. The van der Waals surface area contributed by atoms with Crippen LogP contribution in [-0.4, -0.2) is 26.3 Å². The van der Waals surface area contributed by atoms with Crippen molar-refractivity contribution in [3.63, 3.8) is 0 Å². The average molecular weight is 131 g/mol. The summed E-state index contributed by atoms with van der Waals surface area (Å²) >= 11 is 0. The van der Waals surface area contributed by atoms with E-state index in [1.165, 1.54) is 0 Å². The van der Waals surface area contributed by atoms with E-state index in [-0.39, 0.29) is 0 Å². The first-order chi connectivity index (χ1) is 4.43. The van der Waals surface area contributed by atoms with Gasteiger partial charge in [-0.2, -0.15) is 0 Å². The van der Waals surface area contributed by atoms with Gasteiger partial charge in [-0.3, -0.25) is 0 Å². The lowest BCUT2D eigenvalue weighted by Gasteiger charge is -2.03. The van der Waals surface area contributed by atoms with Crippen LogP contribution >= 0.6 is 0 Å². The Hall–Kier alpha value is -0.120. The van der Waals surface area contributed by atoms with E-state index < -0.39 is 0 Å². The van der Waals surface area contributed by atoms with Gasteiger partial charge in [-0.1, -0.05) is 0 Å². The van der Waals surface area contributed by atoms with Crippen molar-refractivity contribution in [1.82, 2.24) is 5.32 Å². The molecular weight excluding hydrogens is 118 g/mol. The predicted molar refractivity (Wildman–Crippen MR) is 34.0 cm³/mol. The molecule has 1 fully saturated rings. The highest BCUT2D eigenvalue weighted by Crippen LogP contribution is 2.10. The maximum absolute atomic E-state index is 4.92. The van der Waals surface area contributed by atoms with Gasteiger partial charge in [0.05, 0.1) is 12.7 Å². The molecule has 9 heavy (non-hydrogen) atoms. The first kappa shape index (κ1) is 6.99. The first-order valence-corrected chi connectivity index (χ1v) is 3.36. The fourth-order valence-corrected chi connectivity index (χ4v) is 0.870. The van der Waals surface area contributed by atoms with Gasteiger partial charge in [0.1, 0.15) is 0 Å². The summed E-state index contributed by atoms with van der Waals surface area (Å²) in [6, 6.07) is 0. The van der Waals surface area contributed by atoms with E-state index in [1.54, 1.807) is 0 Å². The van der Waals surface area contributed by atoms with Crippen LogP contribution in [0.2, 0.25) is 0 Å². The van der Waals surface area contributed by atoms with Crippen LogP contribution in [0.4, 0.5) is 0 Å². The van der Waals surface area contributed by atoms with Gasteiger partial charge in [-0.25, -0.2) is 9.78 Å². The van der Waals surface area contributed by atoms with Crippen molar-refractivity contribution in [3.05, 3.63) is 0 Å². The molecule has 1 aliphatic heterocycles. The zero-order valence-electron chi connectivity index (χ0n) is 5.72. The van der Waals surface area contributed by atoms with Crippen molar-refractivity contribution >= 4 is 0 Å². The molecule has 3 heteroatoms. The number of hydrogen-bond acceptors (Lipinski definition) is 3. The monoisotopic (exact) mass is 131 g/mol. The Balaban J connectivity index is 1.98. The van der Waals surface area contributed by atoms with E-state index >= 15 is 0 Å². The van der Waals surface area contributed by atoms with Crippen molar-refractivity contribution in [1.29, 1.82) is 0 Å². The summed E-state index contributed by atoms with van der Waals surface area (Å²) in [5.41, 5.74) is 0. The SMILES string of the molecule is CNCCC1CCOO1. The molecule has 0 aliphatic carbocycles. The smallest absolute Gasteiger partial charge is 0.0965 e. The molecular formula is C6H13NO2. The van der Waals surface area contributed by atoms with E-state index in [2.05, 4.69) is 5.32 Å². The summed E-state index contributed by atoms with van der Waals surface area (Å²) in [5, 5.41) is 3.06. The van der Waals surface area contributed by atoms with Crippen molar-refractivity contribution in [3.8, 4) is 0 Å². The van der Waals surface area contributed by atoms with E-state index in [1.807, 2.05) is 7.05 Å². The minimum atomic E-state index is 0.331. The van der Waals surface area contributed by atoms with Gasteiger partial charge < -0.3 is 5.32 Å². The van der Waals surface area contributed by atoms with Gasteiger partial charge in [0.25, 0.3) is 0 Å². The van der Waals surface area contributed by atoms with Gasteiger partial charge in [0.15, 0.2) is 0 Å². The molecule has 1 N–H and O–H groups in total. The van der Waals surface area contributed by atoms with Gasteiger partial charge in [0.2, 0.25) is 0 Å². The average Bonchev–Trinajstić information content (AvgIpc) is 2.34. The minimum absolute atomic E-state index is 0.331. The molecule has 0 spiro atoms. The zero-order valence-corrected chi connectivity index (χ0v) is 5.72. The van der Waals surface area contributed by atoms with Crippen molar-refractivity contribution in [2.75, 3.05) is 20.2 Å². The van der Waals surface area contributed by atoms with E-state index in [0.717, 1.165) is 26.0 Å². The number of hydrogen-bond donors (Lipinski definition) is 1. The Labute approximate surface area is 55.3 Å². The van der Waals surface area contributed by atoms with Crippen LogP contribution in [0.15, 0.2) is 0 Å². The fraction of sp³-hybridized carbons (Fsp3) is 1.00. The molecule has 1 saturated heterocycles. The molecule has 1 unspecified atom stereocenters. The molecule has 1 heterocycles. The van der Waals surface area contributed by atoms with Gasteiger partial charge in [-0.05, 0) is 20.0 Å². The van der Waals surface area contributed by atoms with Crippen LogP contribution in [0.3, 0.4) is 0 Å². The molecule has 1 rings (SSSR count). The quantitative estimate of drug-likeness (QED) is 0.559. The van der Waals surface area contributed by atoms with E-state index in [4.69, 9.17) is 9.78 Å². The highest BCUT2D eigenvalue weighted by molar-refractivity contribution is 4.59. The third kappa shape index (κ3) is 2.30. The second-order valence-corrected chi connectivity index (χ2v) is 2.22. The van der Waals surface area contributed by atoms with Gasteiger partial charge in [0, 0.05) is 6.42 Å². The maximum Gasteiger partial charge on any atom is 0.0965 e.